The zero-order valence-electron chi connectivity index (χ0n) is 14.7. The number of nitrogens with one attached hydrogen (secondary N) is 1. The summed E-state index contributed by atoms with van der Waals surface area (Å²) in [6.45, 7) is 0. The Morgan fingerprint density at radius 1 is 1.07 bits per heavy atom. The van der Waals surface area contributed by atoms with Gasteiger partial charge >= 0.3 is 5.97 Å². The van der Waals surface area contributed by atoms with Crippen LogP contribution >= 0.6 is 0 Å². The third-order valence-electron chi connectivity index (χ3n) is 3.78. The van der Waals surface area contributed by atoms with Crippen LogP contribution in [0.15, 0.2) is 76.2 Å². The lowest BCUT2D eigenvalue weighted by Crippen LogP contribution is -2.19. The number of hydrogen-bond donors (Lipinski definition) is 1. The Kier molecular flexibility index (Phi) is 5.79. The standard InChI is InChI=1S/C21H18N2O4/c1-26-21(25)17-9-5-8-16(13-17)19-11-10-18(27-19)14-22-23-20(24)12-15-6-3-2-4-7-15/h2-11,13-14H,12H2,1H3,(H,23,24)/b22-14-. The summed E-state index contributed by atoms with van der Waals surface area (Å²) >= 11 is 0. The molecule has 27 heavy (non-hydrogen) atoms. The minimum atomic E-state index is -0.411. The van der Waals surface area contributed by atoms with Crippen molar-refractivity contribution in [2.24, 2.45) is 5.10 Å². The van der Waals surface area contributed by atoms with Crippen molar-refractivity contribution in [3.63, 3.8) is 0 Å². The summed E-state index contributed by atoms with van der Waals surface area (Å²) in [6.07, 6.45) is 1.68. The molecule has 0 fully saturated rings. The summed E-state index contributed by atoms with van der Waals surface area (Å²) in [6, 6.07) is 19.9. The van der Waals surface area contributed by atoms with Crippen LogP contribution in [0.1, 0.15) is 21.7 Å². The van der Waals surface area contributed by atoms with Gasteiger partial charge in [-0.15, -0.1) is 0 Å². The molecule has 0 aliphatic carbocycles. The van der Waals surface area contributed by atoms with Crippen LogP contribution < -0.4 is 5.43 Å². The van der Waals surface area contributed by atoms with E-state index in [0.717, 1.165) is 11.1 Å². The SMILES string of the molecule is COC(=O)c1cccc(-c2ccc(/C=N\NC(=O)Cc3ccccc3)o2)c1. The molecule has 0 unspecified atom stereocenters. The summed E-state index contributed by atoms with van der Waals surface area (Å²) in [4.78, 5) is 23.5. The number of furan rings is 1. The average Bonchev–Trinajstić information content (AvgIpc) is 3.17. The van der Waals surface area contributed by atoms with E-state index in [1.807, 2.05) is 36.4 Å². The Labute approximate surface area is 156 Å². The van der Waals surface area contributed by atoms with E-state index in [1.54, 1.807) is 30.3 Å². The van der Waals surface area contributed by atoms with Crippen molar-refractivity contribution in [2.75, 3.05) is 7.11 Å². The summed E-state index contributed by atoms with van der Waals surface area (Å²) in [5, 5.41) is 3.91. The minimum Gasteiger partial charge on any atom is -0.465 e. The number of esters is 1. The maximum absolute atomic E-state index is 11.9. The van der Waals surface area contributed by atoms with E-state index in [0.29, 0.717) is 17.1 Å². The lowest BCUT2D eigenvalue weighted by atomic mass is 10.1. The molecular weight excluding hydrogens is 344 g/mol. The molecule has 0 bridgehead atoms. The summed E-state index contributed by atoms with van der Waals surface area (Å²) in [5.41, 5.74) is 4.56. The summed E-state index contributed by atoms with van der Waals surface area (Å²) in [7, 11) is 1.34. The van der Waals surface area contributed by atoms with Gasteiger partial charge in [0.1, 0.15) is 11.5 Å². The predicted octanol–water partition coefficient (Wildman–Crippen LogP) is 3.43. The molecule has 0 atom stereocenters. The van der Waals surface area contributed by atoms with Crippen molar-refractivity contribution in [3.05, 3.63) is 83.6 Å². The van der Waals surface area contributed by atoms with Crippen LogP contribution in [0.4, 0.5) is 0 Å². The first-order valence-electron chi connectivity index (χ1n) is 8.30. The fourth-order valence-corrected chi connectivity index (χ4v) is 2.48. The number of carbonyl (C=O) groups is 2. The molecule has 6 nitrogen and oxygen atoms in total. The number of ether oxygens (including phenoxy) is 1. The monoisotopic (exact) mass is 362 g/mol. The zero-order valence-corrected chi connectivity index (χ0v) is 14.7. The molecule has 136 valence electrons. The zero-order chi connectivity index (χ0) is 19.1. The molecule has 0 radical (unpaired) electrons. The number of methoxy groups -OCH3 is 1. The Balaban J connectivity index is 1.61. The van der Waals surface area contributed by atoms with E-state index >= 15 is 0 Å². The highest BCUT2D eigenvalue weighted by Crippen LogP contribution is 2.22. The quantitative estimate of drug-likeness (QED) is 0.414. The number of hydrogen-bond acceptors (Lipinski definition) is 5. The van der Waals surface area contributed by atoms with Gasteiger partial charge in [-0.1, -0.05) is 42.5 Å². The normalized spacial score (nSPS) is 10.7. The predicted molar refractivity (Wildman–Crippen MR) is 101 cm³/mol. The van der Waals surface area contributed by atoms with E-state index in [4.69, 9.17) is 9.15 Å². The second-order valence-corrected chi connectivity index (χ2v) is 5.73. The lowest BCUT2D eigenvalue weighted by Gasteiger charge is -2.01. The van der Waals surface area contributed by atoms with Crippen LogP contribution in [0.25, 0.3) is 11.3 Å². The van der Waals surface area contributed by atoms with Crippen LogP contribution in [0.3, 0.4) is 0 Å². The molecule has 1 aromatic heterocycles. The van der Waals surface area contributed by atoms with Gasteiger partial charge in [-0.3, -0.25) is 4.79 Å². The molecule has 1 amide bonds. The van der Waals surface area contributed by atoms with Gasteiger partial charge in [-0.25, -0.2) is 10.2 Å². The first kappa shape index (κ1) is 18.1. The van der Waals surface area contributed by atoms with Crippen LogP contribution in [-0.2, 0) is 16.0 Å². The molecule has 0 spiro atoms. The van der Waals surface area contributed by atoms with Crippen molar-refractivity contribution >= 4 is 18.1 Å². The van der Waals surface area contributed by atoms with Crippen molar-refractivity contribution in [3.8, 4) is 11.3 Å². The molecule has 0 aliphatic rings. The number of rotatable bonds is 6. The maximum Gasteiger partial charge on any atom is 0.337 e. The first-order chi connectivity index (χ1) is 13.2. The Morgan fingerprint density at radius 3 is 2.67 bits per heavy atom. The highest BCUT2D eigenvalue weighted by molar-refractivity contribution is 5.90. The van der Waals surface area contributed by atoms with Crippen molar-refractivity contribution in [2.45, 2.75) is 6.42 Å². The van der Waals surface area contributed by atoms with Crippen molar-refractivity contribution in [1.82, 2.24) is 5.43 Å². The molecule has 0 saturated heterocycles. The fraction of sp³-hybridized carbons (Fsp3) is 0.0952. The molecule has 3 aromatic rings. The molecule has 0 aliphatic heterocycles. The van der Waals surface area contributed by atoms with Crippen LogP contribution in [-0.4, -0.2) is 25.2 Å². The molecule has 1 heterocycles. The second-order valence-electron chi connectivity index (χ2n) is 5.73. The molecule has 6 heteroatoms. The minimum absolute atomic E-state index is 0.213. The molecule has 2 aromatic carbocycles. The van der Waals surface area contributed by atoms with Gasteiger partial charge in [0.05, 0.1) is 25.3 Å². The third-order valence-corrected chi connectivity index (χ3v) is 3.78. The van der Waals surface area contributed by atoms with Crippen molar-refractivity contribution in [1.29, 1.82) is 0 Å². The average molecular weight is 362 g/mol. The summed E-state index contributed by atoms with van der Waals surface area (Å²) in [5.74, 6) is 0.438. The van der Waals surface area contributed by atoms with E-state index in [1.165, 1.54) is 13.3 Å². The van der Waals surface area contributed by atoms with Gasteiger partial charge in [0.15, 0.2) is 0 Å². The van der Waals surface area contributed by atoms with Gasteiger partial charge in [0.2, 0.25) is 5.91 Å². The van der Waals surface area contributed by atoms with Gasteiger partial charge in [-0.2, -0.15) is 5.10 Å². The Hall–Kier alpha value is -3.67. The first-order valence-corrected chi connectivity index (χ1v) is 8.30. The van der Waals surface area contributed by atoms with Gasteiger partial charge < -0.3 is 9.15 Å². The summed E-state index contributed by atoms with van der Waals surface area (Å²) < 4.78 is 10.4. The maximum atomic E-state index is 11.9. The van der Waals surface area contributed by atoms with E-state index in [9.17, 15) is 9.59 Å². The lowest BCUT2D eigenvalue weighted by molar-refractivity contribution is -0.120. The van der Waals surface area contributed by atoms with E-state index in [-0.39, 0.29) is 12.3 Å². The third kappa shape index (κ3) is 4.92. The Bertz CT molecular complexity index is 961. The van der Waals surface area contributed by atoms with Gasteiger partial charge in [0.25, 0.3) is 0 Å². The number of nitrogens with zero attached hydrogens (tertiary/aromatic N) is 1. The number of hydrazone groups is 1. The second kappa shape index (κ2) is 8.62. The van der Waals surface area contributed by atoms with E-state index in [2.05, 4.69) is 10.5 Å². The smallest absolute Gasteiger partial charge is 0.337 e. The van der Waals surface area contributed by atoms with Gasteiger partial charge in [-0.05, 0) is 29.8 Å². The number of amides is 1. The molecule has 0 saturated carbocycles. The molecule has 3 rings (SSSR count). The largest absolute Gasteiger partial charge is 0.465 e. The molecular formula is C21H18N2O4. The van der Waals surface area contributed by atoms with Crippen molar-refractivity contribution < 1.29 is 18.7 Å². The van der Waals surface area contributed by atoms with Crippen LogP contribution in [0.5, 0.6) is 0 Å². The highest BCUT2D eigenvalue weighted by atomic mass is 16.5. The topological polar surface area (TPSA) is 80.9 Å². The van der Waals surface area contributed by atoms with E-state index < -0.39 is 5.97 Å². The number of benzene rings is 2. The van der Waals surface area contributed by atoms with Gasteiger partial charge in [0, 0.05) is 5.56 Å². The fourth-order valence-electron chi connectivity index (χ4n) is 2.48. The Morgan fingerprint density at radius 2 is 1.89 bits per heavy atom. The molecule has 1 N–H and O–H groups in total. The van der Waals surface area contributed by atoms with Crippen LogP contribution in [0.2, 0.25) is 0 Å². The highest BCUT2D eigenvalue weighted by Gasteiger charge is 2.09. The van der Waals surface area contributed by atoms with Crippen LogP contribution in [0, 0.1) is 0 Å². The number of carbonyl (C=O) groups excluding carboxylic acids is 2.